The molecule has 2 amide bonds. The first-order valence-corrected chi connectivity index (χ1v) is 9.78. The molecule has 0 saturated heterocycles. The average molecular weight is 401 g/mol. The van der Waals surface area contributed by atoms with E-state index in [0.29, 0.717) is 11.4 Å². The van der Waals surface area contributed by atoms with E-state index in [-0.39, 0.29) is 24.8 Å². The summed E-state index contributed by atoms with van der Waals surface area (Å²) in [6.45, 7) is 3.90. The van der Waals surface area contributed by atoms with E-state index >= 15 is 0 Å². The van der Waals surface area contributed by atoms with Crippen LogP contribution in [0.25, 0.3) is 0 Å². The zero-order valence-electron chi connectivity index (χ0n) is 16.2. The van der Waals surface area contributed by atoms with Crippen molar-refractivity contribution in [1.29, 1.82) is 0 Å². The summed E-state index contributed by atoms with van der Waals surface area (Å²) in [6, 6.07) is 13.2. The minimum atomic E-state index is -0.495. The van der Waals surface area contributed by atoms with E-state index in [9.17, 15) is 14.4 Å². The second kappa shape index (κ2) is 10.5. The first-order valence-electron chi connectivity index (χ1n) is 8.79. The molecule has 2 rings (SSSR count). The van der Waals surface area contributed by atoms with Crippen LogP contribution in [0.5, 0.6) is 0 Å². The number of carbonyl (C=O) groups is 3. The molecule has 148 valence electrons. The predicted molar refractivity (Wildman–Crippen MR) is 110 cm³/mol. The molecule has 28 heavy (non-hydrogen) atoms. The van der Waals surface area contributed by atoms with Crippen molar-refractivity contribution in [3.8, 4) is 0 Å². The fraction of sp³-hybridized carbons (Fsp3) is 0.286. The summed E-state index contributed by atoms with van der Waals surface area (Å²) < 4.78 is 4.47. The highest BCUT2D eigenvalue weighted by atomic mass is 32.2. The van der Waals surface area contributed by atoms with Gasteiger partial charge in [0.25, 0.3) is 0 Å². The molecule has 0 saturated carbocycles. The Morgan fingerprint density at radius 3 is 2.39 bits per heavy atom. The van der Waals surface area contributed by atoms with Crippen LogP contribution in [-0.2, 0) is 25.5 Å². The van der Waals surface area contributed by atoms with Gasteiger partial charge in [-0.05, 0) is 43.2 Å². The quantitative estimate of drug-likeness (QED) is 0.526. The molecule has 2 aromatic rings. The fourth-order valence-electron chi connectivity index (χ4n) is 2.40. The molecule has 0 bridgehead atoms. The molecule has 0 aromatic heterocycles. The van der Waals surface area contributed by atoms with Gasteiger partial charge in [-0.2, -0.15) is 0 Å². The molecule has 0 aliphatic carbocycles. The number of methoxy groups -OCH3 is 1. The van der Waals surface area contributed by atoms with E-state index in [4.69, 9.17) is 0 Å². The van der Waals surface area contributed by atoms with Crippen molar-refractivity contribution in [1.82, 2.24) is 5.32 Å². The number of esters is 1. The molecule has 0 aliphatic heterocycles. The lowest BCUT2D eigenvalue weighted by atomic mass is 10.1. The number of amides is 2. The first-order chi connectivity index (χ1) is 13.4. The second-order valence-corrected chi connectivity index (χ2v) is 7.35. The van der Waals surface area contributed by atoms with Crippen molar-refractivity contribution in [3.63, 3.8) is 0 Å². The maximum atomic E-state index is 12.2. The van der Waals surface area contributed by atoms with Crippen LogP contribution in [0, 0.1) is 13.8 Å². The van der Waals surface area contributed by atoms with Gasteiger partial charge in [0.1, 0.15) is 6.54 Å². The van der Waals surface area contributed by atoms with Crippen molar-refractivity contribution in [2.24, 2.45) is 0 Å². The Hall–Kier alpha value is -2.80. The Morgan fingerprint density at radius 1 is 1.00 bits per heavy atom. The Bertz CT molecular complexity index is 850. The lowest BCUT2D eigenvalue weighted by Gasteiger charge is -2.09. The summed E-state index contributed by atoms with van der Waals surface area (Å²) >= 11 is 1.51. The molecule has 2 aromatic carbocycles. The van der Waals surface area contributed by atoms with Crippen molar-refractivity contribution < 1.29 is 19.1 Å². The smallest absolute Gasteiger partial charge is 0.325 e. The van der Waals surface area contributed by atoms with E-state index < -0.39 is 5.97 Å². The van der Waals surface area contributed by atoms with Crippen LogP contribution in [-0.4, -0.2) is 37.2 Å². The van der Waals surface area contributed by atoms with Crippen molar-refractivity contribution >= 4 is 35.2 Å². The third-order valence-corrected chi connectivity index (χ3v) is 5.12. The number of rotatable bonds is 8. The third-order valence-electron chi connectivity index (χ3n) is 3.96. The number of anilines is 1. The molecule has 0 atom stereocenters. The second-order valence-electron chi connectivity index (χ2n) is 6.33. The highest BCUT2D eigenvalue weighted by Crippen LogP contribution is 2.23. The number of carbonyl (C=O) groups excluding carboxylic acids is 3. The molecule has 7 heteroatoms. The maximum absolute atomic E-state index is 12.2. The Labute approximate surface area is 169 Å². The zero-order chi connectivity index (χ0) is 20.5. The Morgan fingerprint density at radius 2 is 1.71 bits per heavy atom. The van der Waals surface area contributed by atoms with Gasteiger partial charge < -0.3 is 15.4 Å². The number of ether oxygens (including phenoxy) is 1. The van der Waals surface area contributed by atoms with Crippen LogP contribution < -0.4 is 10.6 Å². The van der Waals surface area contributed by atoms with Crippen LogP contribution in [0.2, 0.25) is 0 Å². The van der Waals surface area contributed by atoms with Crippen LogP contribution in [0.15, 0.2) is 47.4 Å². The normalized spacial score (nSPS) is 10.2. The molecule has 0 unspecified atom stereocenters. The van der Waals surface area contributed by atoms with Gasteiger partial charge in [-0.25, -0.2) is 0 Å². The molecule has 0 radical (unpaired) electrons. The Kier molecular flexibility index (Phi) is 8.07. The van der Waals surface area contributed by atoms with Crippen molar-refractivity contribution in [2.75, 3.05) is 24.7 Å². The van der Waals surface area contributed by atoms with Crippen LogP contribution in [0.1, 0.15) is 16.7 Å². The standard InChI is InChI=1S/C21H24N2O4S/c1-14-4-5-15(2)18(10-14)28-13-20(25)23-17-8-6-16(7-9-17)11-19(24)22-12-21(26)27-3/h4-10H,11-13H2,1-3H3,(H,22,24)(H,23,25). The summed E-state index contributed by atoms with van der Waals surface area (Å²) in [5.41, 5.74) is 3.77. The van der Waals surface area contributed by atoms with Crippen LogP contribution in [0.4, 0.5) is 5.69 Å². The van der Waals surface area contributed by atoms with Gasteiger partial charge in [0.05, 0.1) is 19.3 Å². The third kappa shape index (κ3) is 7.08. The minimum absolute atomic E-state index is 0.0884. The Balaban J connectivity index is 1.81. The number of aryl methyl sites for hydroxylation is 2. The van der Waals surface area contributed by atoms with E-state index in [1.165, 1.54) is 24.4 Å². The lowest BCUT2D eigenvalue weighted by Crippen LogP contribution is -2.31. The molecule has 0 spiro atoms. The highest BCUT2D eigenvalue weighted by molar-refractivity contribution is 8.00. The first kappa shape index (κ1) is 21.5. The molecule has 0 aliphatic rings. The summed E-state index contributed by atoms with van der Waals surface area (Å²) in [5, 5.41) is 5.34. The van der Waals surface area contributed by atoms with Gasteiger partial charge in [-0.15, -0.1) is 11.8 Å². The summed E-state index contributed by atoms with van der Waals surface area (Å²) in [4.78, 5) is 36.1. The molecular weight excluding hydrogens is 376 g/mol. The summed E-state index contributed by atoms with van der Waals surface area (Å²) in [6.07, 6.45) is 0.147. The molecule has 0 heterocycles. The monoisotopic (exact) mass is 400 g/mol. The summed E-state index contributed by atoms with van der Waals surface area (Å²) in [5.74, 6) is -0.533. The topological polar surface area (TPSA) is 84.5 Å². The van der Waals surface area contributed by atoms with Gasteiger partial charge in [-0.3, -0.25) is 14.4 Å². The van der Waals surface area contributed by atoms with E-state index in [2.05, 4.69) is 33.6 Å². The lowest BCUT2D eigenvalue weighted by molar-refractivity contribution is -0.141. The van der Waals surface area contributed by atoms with Gasteiger partial charge in [0, 0.05) is 10.6 Å². The molecule has 0 fully saturated rings. The number of nitrogens with one attached hydrogen (secondary N) is 2. The number of hydrogen-bond acceptors (Lipinski definition) is 5. The SMILES string of the molecule is COC(=O)CNC(=O)Cc1ccc(NC(=O)CSc2cc(C)ccc2C)cc1. The largest absolute Gasteiger partial charge is 0.468 e. The molecule has 6 nitrogen and oxygen atoms in total. The van der Waals surface area contributed by atoms with E-state index in [0.717, 1.165) is 16.0 Å². The van der Waals surface area contributed by atoms with E-state index in [1.54, 1.807) is 24.3 Å². The van der Waals surface area contributed by atoms with Gasteiger partial charge in [0.2, 0.25) is 11.8 Å². The summed E-state index contributed by atoms with van der Waals surface area (Å²) in [7, 11) is 1.27. The molecule has 2 N–H and O–H groups in total. The van der Waals surface area contributed by atoms with Crippen LogP contribution in [0.3, 0.4) is 0 Å². The molecular formula is C21H24N2O4S. The highest BCUT2D eigenvalue weighted by Gasteiger charge is 2.08. The zero-order valence-corrected chi connectivity index (χ0v) is 17.0. The number of benzene rings is 2. The van der Waals surface area contributed by atoms with Crippen LogP contribution >= 0.6 is 11.8 Å². The predicted octanol–water partition coefficient (Wildman–Crippen LogP) is 2.87. The van der Waals surface area contributed by atoms with Gasteiger partial charge in [-0.1, -0.05) is 29.8 Å². The average Bonchev–Trinajstić information content (AvgIpc) is 2.68. The number of thioether (sulfide) groups is 1. The fourth-order valence-corrected chi connectivity index (χ4v) is 3.32. The minimum Gasteiger partial charge on any atom is -0.468 e. The van der Waals surface area contributed by atoms with Gasteiger partial charge >= 0.3 is 5.97 Å². The van der Waals surface area contributed by atoms with Crippen molar-refractivity contribution in [3.05, 3.63) is 59.2 Å². The van der Waals surface area contributed by atoms with E-state index in [1.807, 2.05) is 13.8 Å². The van der Waals surface area contributed by atoms with Gasteiger partial charge in [0.15, 0.2) is 0 Å². The maximum Gasteiger partial charge on any atom is 0.325 e. The number of hydrogen-bond donors (Lipinski definition) is 2. The van der Waals surface area contributed by atoms with Crippen molar-refractivity contribution in [2.45, 2.75) is 25.2 Å².